The lowest BCUT2D eigenvalue weighted by Crippen LogP contribution is -2.38. The van der Waals surface area contributed by atoms with Crippen LogP contribution in [0.2, 0.25) is 5.02 Å². The van der Waals surface area contributed by atoms with Crippen LogP contribution in [0.5, 0.6) is 0 Å². The third kappa shape index (κ3) is 5.01. The van der Waals surface area contributed by atoms with Crippen molar-refractivity contribution in [1.82, 2.24) is 9.78 Å². The lowest BCUT2D eigenvalue weighted by atomic mass is 9.96. The second-order valence-corrected chi connectivity index (χ2v) is 8.40. The van der Waals surface area contributed by atoms with Gasteiger partial charge in [0.25, 0.3) is 5.91 Å². The Labute approximate surface area is 198 Å². The minimum atomic E-state index is -4.83. The number of rotatable bonds is 5. The Kier molecular flexibility index (Phi) is 6.52. The van der Waals surface area contributed by atoms with E-state index in [-0.39, 0.29) is 22.5 Å². The molecule has 0 saturated carbocycles. The molecular formula is C23H21ClF3N5O2. The number of primary amides is 1. The lowest BCUT2D eigenvalue weighted by molar-refractivity contribution is -0.143. The Morgan fingerprint density at radius 2 is 1.74 bits per heavy atom. The van der Waals surface area contributed by atoms with E-state index >= 15 is 0 Å². The highest BCUT2D eigenvalue weighted by atomic mass is 35.5. The number of piperidine rings is 1. The van der Waals surface area contributed by atoms with Crippen molar-refractivity contribution >= 4 is 34.8 Å². The van der Waals surface area contributed by atoms with Crippen LogP contribution in [0, 0.1) is 5.92 Å². The van der Waals surface area contributed by atoms with Crippen LogP contribution >= 0.6 is 11.6 Å². The minimum absolute atomic E-state index is 0.0864. The van der Waals surface area contributed by atoms with Crippen LogP contribution < -0.4 is 16.0 Å². The van der Waals surface area contributed by atoms with Crippen LogP contribution in [0.25, 0.3) is 5.69 Å². The van der Waals surface area contributed by atoms with Gasteiger partial charge in [0.2, 0.25) is 5.91 Å². The van der Waals surface area contributed by atoms with E-state index in [1.165, 1.54) is 24.3 Å². The van der Waals surface area contributed by atoms with Crippen molar-refractivity contribution in [3.05, 3.63) is 71.0 Å². The Bertz CT molecular complexity index is 1200. The number of carbonyl (C=O) groups is 2. The van der Waals surface area contributed by atoms with E-state index in [1.807, 2.05) is 0 Å². The van der Waals surface area contributed by atoms with E-state index in [9.17, 15) is 22.8 Å². The van der Waals surface area contributed by atoms with E-state index < -0.39 is 23.3 Å². The zero-order chi connectivity index (χ0) is 24.5. The topological polar surface area (TPSA) is 93.2 Å². The second kappa shape index (κ2) is 9.38. The maximum atomic E-state index is 13.9. The highest BCUT2D eigenvalue weighted by Gasteiger charge is 2.40. The number of amides is 2. The molecule has 0 atom stereocenters. The van der Waals surface area contributed by atoms with Crippen molar-refractivity contribution in [2.24, 2.45) is 11.7 Å². The van der Waals surface area contributed by atoms with E-state index in [0.29, 0.717) is 36.3 Å². The lowest BCUT2D eigenvalue weighted by Gasteiger charge is -2.32. The summed E-state index contributed by atoms with van der Waals surface area (Å²) in [5.74, 6) is -1.37. The SMILES string of the molecule is NC(=O)C1CCN(c2ccc(NC(=O)c3cnn(-c4cccc(Cl)c4)c3C(F)(F)F)cc2)CC1. The van der Waals surface area contributed by atoms with Crippen LogP contribution in [-0.4, -0.2) is 34.7 Å². The Morgan fingerprint density at radius 1 is 1.06 bits per heavy atom. The molecule has 1 saturated heterocycles. The van der Waals surface area contributed by atoms with Gasteiger partial charge < -0.3 is 16.0 Å². The van der Waals surface area contributed by atoms with Gasteiger partial charge in [-0.2, -0.15) is 18.3 Å². The molecule has 2 amide bonds. The van der Waals surface area contributed by atoms with Gasteiger partial charge in [-0.25, -0.2) is 4.68 Å². The van der Waals surface area contributed by atoms with Crippen molar-refractivity contribution in [3.8, 4) is 5.69 Å². The molecule has 0 aliphatic carbocycles. The molecule has 3 N–H and O–H groups in total. The van der Waals surface area contributed by atoms with Gasteiger partial charge in [0.05, 0.1) is 17.4 Å². The monoisotopic (exact) mass is 491 g/mol. The van der Waals surface area contributed by atoms with Gasteiger partial charge in [-0.05, 0) is 55.3 Å². The first-order chi connectivity index (χ1) is 16.1. The van der Waals surface area contributed by atoms with Gasteiger partial charge in [-0.1, -0.05) is 17.7 Å². The molecule has 2 heterocycles. The molecule has 178 valence electrons. The summed E-state index contributed by atoms with van der Waals surface area (Å²) >= 11 is 5.90. The molecule has 2 aromatic carbocycles. The summed E-state index contributed by atoms with van der Waals surface area (Å²) in [5.41, 5.74) is 4.87. The molecule has 0 bridgehead atoms. The standard InChI is InChI=1S/C23H21ClF3N5O2/c24-15-2-1-3-18(12-15)32-20(23(25,26)27)19(13-29-32)22(34)30-16-4-6-17(7-5-16)31-10-8-14(9-11-31)21(28)33/h1-7,12-14H,8-11H2,(H2,28,33)(H,30,34). The molecule has 34 heavy (non-hydrogen) atoms. The summed E-state index contributed by atoms with van der Waals surface area (Å²) in [6, 6.07) is 12.5. The summed E-state index contributed by atoms with van der Waals surface area (Å²) in [6.07, 6.45) is -2.63. The van der Waals surface area contributed by atoms with Crippen LogP contribution in [0.15, 0.2) is 54.7 Å². The quantitative estimate of drug-likeness (QED) is 0.549. The number of nitrogens with zero attached hydrogens (tertiary/aromatic N) is 3. The minimum Gasteiger partial charge on any atom is -0.371 e. The van der Waals surface area contributed by atoms with E-state index in [2.05, 4.69) is 15.3 Å². The molecule has 0 spiro atoms. The van der Waals surface area contributed by atoms with Gasteiger partial charge in [-0.15, -0.1) is 0 Å². The Hall–Kier alpha value is -3.53. The summed E-state index contributed by atoms with van der Waals surface area (Å²) in [7, 11) is 0. The van der Waals surface area contributed by atoms with Crippen molar-refractivity contribution in [1.29, 1.82) is 0 Å². The molecule has 7 nitrogen and oxygen atoms in total. The Morgan fingerprint density at radius 3 is 2.32 bits per heavy atom. The van der Waals surface area contributed by atoms with Gasteiger partial charge in [0.1, 0.15) is 0 Å². The molecule has 0 radical (unpaired) electrons. The first kappa shape index (κ1) is 23.6. The first-order valence-corrected chi connectivity index (χ1v) is 10.9. The molecule has 0 unspecified atom stereocenters. The molecule has 1 aliphatic rings. The van der Waals surface area contributed by atoms with Crippen LogP contribution in [-0.2, 0) is 11.0 Å². The number of hydrogen-bond acceptors (Lipinski definition) is 4. The highest BCUT2D eigenvalue weighted by molar-refractivity contribution is 6.30. The van der Waals surface area contributed by atoms with Crippen molar-refractivity contribution in [3.63, 3.8) is 0 Å². The molecule has 1 fully saturated rings. The molecule has 1 aliphatic heterocycles. The largest absolute Gasteiger partial charge is 0.434 e. The summed E-state index contributed by atoms with van der Waals surface area (Å²) in [4.78, 5) is 26.1. The average Bonchev–Trinajstić information content (AvgIpc) is 3.26. The normalized spacial score (nSPS) is 14.8. The number of nitrogens with two attached hydrogens (primary N) is 1. The fraction of sp³-hybridized carbons (Fsp3) is 0.261. The van der Waals surface area contributed by atoms with E-state index in [1.54, 1.807) is 24.3 Å². The fourth-order valence-electron chi connectivity index (χ4n) is 3.97. The third-order valence-corrected chi connectivity index (χ3v) is 5.96. The predicted molar refractivity (Wildman–Crippen MR) is 122 cm³/mol. The predicted octanol–water partition coefficient (Wildman–Crippen LogP) is 4.50. The smallest absolute Gasteiger partial charge is 0.371 e. The van der Waals surface area contributed by atoms with E-state index in [0.717, 1.165) is 11.9 Å². The zero-order valence-electron chi connectivity index (χ0n) is 17.8. The number of aromatic nitrogens is 2. The number of halogens is 4. The third-order valence-electron chi connectivity index (χ3n) is 5.72. The van der Waals surface area contributed by atoms with Crippen molar-refractivity contribution < 1.29 is 22.8 Å². The number of alkyl halides is 3. The molecule has 4 rings (SSSR count). The molecule has 3 aromatic rings. The molecule has 11 heteroatoms. The van der Waals surface area contributed by atoms with Crippen molar-refractivity contribution in [2.75, 3.05) is 23.3 Å². The van der Waals surface area contributed by atoms with Crippen LogP contribution in [0.1, 0.15) is 28.9 Å². The fourth-order valence-corrected chi connectivity index (χ4v) is 4.15. The molecule has 1 aromatic heterocycles. The number of anilines is 2. The van der Waals surface area contributed by atoms with Gasteiger partial charge in [0.15, 0.2) is 5.69 Å². The molecular weight excluding hydrogens is 471 g/mol. The maximum absolute atomic E-state index is 13.9. The number of hydrogen-bond donors (Lipinski definition) is 2. The summed E-state index contributed by atoms with van der Waals surface area (Å²) in [6.45, 7) is 1.33. The van der Waals surface area contributed by atoms with Crippen LogP contribution in [0.4, 0.5) is 24.5 Å². The maximum Gasteiger partial charge on any atom is 0.434 e. The number of benzene rings is 2. The highest BCUT2D eigenvalue weighted by Crippen LogP contribution is 2.34. The van der Waals surface area contributed by atoms with Gasteiger partial charge >= 0.3 is 6.18 Å². The van der Waals surface area contributed by atoms with Crippen LogP contribution in [0.3, 0.4) is 0 Å². The summed E-state index contributed by atoms with van der Waals surface area (Å²) in [5, 5.41) is 6.53. The van der Waals surface area contributed by atoms with Gasteiger partial charge in [-0.3, -0.25) is 9.59 Å². The summed E-state index contributed by atoms with van der Waals surface area (Å²) < 4.78 is 42.2. The number of carbonyl (C=O) groups excluding carboxylic acids is 2. The number of nitrogens with one attached hydrogen (secondary N) is 1. The Balaban J connectivity index is 1.51. The average molecular weight is 492 g/mol. The first-order valence-electron chi connectivity index (χ1n) is 10.5. The second-order valence-electron chi connectivity index (χ2n) is 7.96. The van der Waals surface area contributed by atoms with Gasteiger partial charge in [0, 0.05) is 35.4 Å². The zero-order valence-corrected chi connectivity index (χ0v) is 18.6. The van der Waals surface area contributed by atoms with Crippen molar-refractivity contribution in [2.45, 2.75) is 19.0 Å². The van der Waals surface area contributed by atoms with E-state index in [4.69, 9.17) is 17.3 Å².